The zero-order valence-corrected chi connectivity index (χ0v) is 15.3. The number of aryl methyl sites for hydroxylation is 1. The van der Waals surface area contributed by atoms with Crippen LogP contribution in [-0.4, -0.2) is 43.0 Å². The van der Waals surface area contributed by atoms with E-state index in [2.05, 4.69) is 9.97 Å². The Morgan fingerprint density at radius 2 is 2.15 bits per heavy atom. The van der Waals surface area contributed by atoms with Crippen LogP contribution in [0.1, 0.15) is 28.3 Å². The molecule has 0 radical (unpaired) electrons. The van der Waals surface area contributed by atoms with Crippen LogP contribution >= 0.6 is 0 Å². The topological polar surface area (TPSA) is 123 Å². The van der Waals surface area contributed by atoms with Gasteiger partial charge in [-0.2, -0.15) is 0 Å². The zero-order valence-electron chi connectivity index (χ0n) is 15.3. The molecule has 1 amide bonds. The van der Waals surface area contributed by atoms with Crippen molar-refractivity contribution in [2.75, 3.05) is 32.9 Å². The molecule has 4 N–H and O–H groups in total. The van der Waals surface area contributed by atoms with Crippen molar-refractivity contribution in [2.24, 2.45) is 5.73 Å². The number of anilines is 1. The molecule has 8 nitrogen and oxygen atoms in total. The van der Waals surface area contributed by atoms with Crippen LogP contribution in [0.3, 0.4) is 0 Å². The van der Waals surface area contributed by atoms with Crippen LogP contribution in [0, 0.1) is 6.92 Å². The number of aromatic nitrogens is 2. The predicted molar refractivity (Wildman–Crippen MR) is 101 cm³/mol. The maximum Gasteiger partial charge on any atom is 0.269 e. The largest absolute Gasteiger partial charge is 0.468 e. The average Bonchev–Trinajstić information content (AvgIpc) is 2.68. The maximum absolute atomic E-state index is 11.9. The summed E-state index contributed by atoms with van der Waals surface area (Å²) in [5.74, 6) is 0.330. The Kier molecular flexibility index (Phi) is 5.68. The van der Waals surface area contributed by atoms with Crippen molar-refractivity contribution in [1.29, 1.82) is 0 Å². The van der Waals surface area contributed by atoms with Crippen molar-refractivity contribution in [3.05, 3.63) is 41.4 Å². The molecular formula is C19H22N4O4. The Hall–Kier alpha value is -2.97. The van der Waals surface area contributed by atoms with Gasteiger partial charge in [0.15, 0.2) is 18.3 Å². The van der Waals surface area contributed by atoms with E-state index in [1.807, 2.05) is 25.1 Å². The number of amides is 1. The Morgan fingerprint density at radius 1 is 1.33 bits per heavy atom. The molecule has 27 heavy (non-hydrogen) atoms. The summed E-state index contributed by atoms with van der Waals surface area (Å²) in [5, 5.41) is 0. The fourth-order valence-corrected chi connectivity index (χ4v) is 2.81. The van der Waals surface area contributed by atoms with Crippen LogP contribution in [0.5, 0.6) is 5.75 Å². The molecule has 0 fully saturated rings. The Balaban J connectivity index is 2.15. The van der Waals surface area contributed by atoms with E-state index in [4.69, 9.17) is 25.7 Å². The van der Waals surface area contributed by atoms with E-state index in [1.165, 1.54) is 0 Å². The van der Waals surface area contributed by atoms with Gasteiger partial charge in [-0.05, 0) is 36.6 Å². The summed E-state index contributed by atoms with van der Waals surface area (Å²) >= 11 is 0. The monoisotopic (exact) mass is 370 g/mol. The Bertz CT molecular complexity index is 896. The lowest BCUT2D eigenvalue weighted by molar-refractivity contribution is 0.0511. The van der Waals surface area contributed by atoms with Gasteiger partial charge in [0.2, 0.25) is 0 Å². The summed E-state index contributed by atoms with van der Waals surface area (Å²) in [4.78, 5) is 20.8. The number of primary amides is 1. The number of carbonyl (C=O) groups is 1. The van der Waals surface area contributed by atoms with Gasteiger partial charge in [-0.15, -0.1) is 0 Å². The number of carbonyl (C=O) groups excluding carboxylic acids is 1. The standard InChI is InChI=1S/C19H22N4O4/c1-11-3-4-13(27-10-25-2)9-14(11)16-15(20)17(18(21)24)23-19(22-16)12-5-7-26-8-6-12/h3-5,9H,6-8,10,20H2,1-2H3,(H2,21,24). The summed E-state index contributed by atoms with van der Waals surface area (Å²) in [6, 6.07) is 5.52. The van der Waals surface area contributed by atoms with E-state index in [-0.39, 0.29) is 18.2 Å². The number of hydrogen-bond acceptors (Lipinski definition) is 7. The molecule has 0 spiro atoms. The number of nitrogens with two attached hydrogens (primary N) is 2. The molecule has 0 bridgehead atoms. The number of rotatable bonds is 6. The van der Waals surface area contributed by atoms with Crippen molar-refractivity contribution >= 4 is 17.2 Å². The van der Waals surface area contributed by atoms with Gasteiger partial charge in [0.25, 0.3) is 5.91 Å². The van der Waals surface area contributed by atoms with Crippen LogP contribution in [-0.2, 0) is 9.47 Å². The van der Waals surface area contributed by atoms with Gasteiger partial charge in [-0.25, -0.2) is 9.97 Å². The van der Waals surface area contributed by atoms with Gasteiger partial charge in [-0.1, -0.05) is 12.1 Å². The summed E-state index contributed by atoms with van der Waals surface area (Å²) in [7, 11) is 1.55. The molecule has 1 aromatic carbocycles. The predicted octanol–water partition coefficient (Wildman–Crippen LogP) is 1.92. The highest BCUT2D eigenvalue weighted by Crippen LogP contribution is 2.33. The minimum Gasteiger partial charge on any atom is -0.468 e. The zero-order chi connectivity index (χ0) is 19.4. The molecule has 1 aliphatic heterocycles. The quantitative estimate of drug-likeness (QED) is 0.745. The molecule has 1 aromatic heterocycles. The number of nitrogen functional groups attached to an aromatic ring is 1. The van der Waals surface area contributed by atoms with Crippen LogP contribution in [0.4, 0.5) is 5.69 Å². The molecule has 0 aliphatic carbocycles. The first kappa shape index (κ1) is 18.8. The molecule has 0 saturated carbocycles. The Labute approximate surface area is 157 Å². The fraction of sp³-hybridized carbons (Fsp3) is 0.316. The SMILES string of the molecule is COCOc1ccc(C)c(-c2nc(C3=CCOCC3)nc(C(N)=O)c2N)c1. The molecule has 2 heterocycles. The molecule has 142 valence electrons. The third-order valence-electron chi connectivity index (χ3n) is 4.24. The third kappa shape index (κ3) is 4.07. The lowest BCUT2D eigenvalue weighted by Crippen LogP contribution is -2.19. The summed E-state index contributed by atoms with van der Waals surface area (Å²) < 4.78 is 15.8. The number of benzene rings is 1. The second-order valence-corrected chi connectivity index (χ2v) is 6.10. The van der Waals surface area contributed by atoms with Gasteiger partial charge in [0, 0.05) is 12.7 Å². The van der Waals surface area contributed by atoms with Crippen LogP contribution in [0.15, 0.2) is 24.3 Å². The van der Waals surface area contributed by atoms with Crippen LogP contribution < -0.4 is 16.2 Å². The van der Waals surface area contributed by atoms with Crippen molar-refractivity contribution < 1.29 is 19.0 Å². The number of nitrogens with zero attached hydrogens (tertiary/aromatic N) is 2. The van der Waals surface area contributed by atoms with E-state index in [1.54, 1.807) is 13.2 Å². The molecule has 0 atom stereocenters. The molecular weight excluding hydrogens is 348 g/mol. The van der Waals surface area contributed by atoms with E-state index in [9.17, 15) is 4.79 Å². The molecule has 8 heteroatoms. The fourth-order valence-electron chi connectivity index (χ4n) is 2.81. The summed E-state index contributed by atoms with van der Waals surface area (Å²) in [6.45, 7) is 3.09. The number of methoxy groups -OCH3 is 1. The number of hydrogen-bond donors (Lipinski definition) is 2. The van der Waals surface area contributed by atoms with E-state index in [0.29, 0.717) is 36.9 Å². The molecule has 0 unspecified atom stereocenters. The third-order valence-corrected chi connectivity index (χ3v) is 4.24. The normalized spacial score (nSPS) is 13.9. The van der Waals surface area contributed by atoms with Gasteiger partial charge in [-0.3, -0.25) is 4.79 Å². The van der Waals surface area contributed by atoms with Crippen molar-refractivity contribution in [2.45, 2.75) is 13.3 Å². The summed E-state index contributed by atoms with van der Waals surface area (Å²) in [6.07, 6.45) is 2.55. The van der Waals surface area contributed by atoms with Crippen LogP contribution in [0.2, 0.25) is 0 Å². The van der Waals surface area contributed by atoms with Gasteiger partial charge in [0.05, 0.1) is 24.6 Å². The molecule has 0 saturated heterocycles. The minimum absolute atomic E-state index is 0.00463. The molecule has 3 rings (SSSR count). The van der Waals surface area contributed by atoms with Crippen molar-refractivity contribution in [3.63, 3.8) is 0 Å². The second kappa shape index (κ2) is 8.15. The van der Waals surface area contributed by atoms with Gasteiger partial charge < -0.3 is 25.7 Å². The van der Waals surface area contributed by atoms with Gasteiger partial charge in [0.1, 0.15) is 5.75 Å². The highest BCUT2D eigenvalue weighted by molar-refractivity contribution is 5.99. The first-order chi connectivity index (χ1) is 13.0. The number of ether oxygens (including phenoxy) is 3. The second-order valence-electron chi connectivity index (χ2n) is 6.10. The van der Waals surface area contributed by atoms with Crippen molar-refractivity contribution in [1.82, 2.24) is 9.97 Å². The highest BCUT2D eigenvalue weighted by Gasteiger charge is 2.21. The first-order valence-electron chi connectivity index (χ1n) is 8.48. The Morgan fingerprint density at radius 3 is 2.81 bits per heavy atom. The smallest absolute Gasteiger partial charge is 0.269 e. The summed E-state index contributed by atoms with van der Waals surface area (Å²) in [5.41, 5.74) is 14.8. The van der Waals surface area contributed by atoms with E-state index in [0.717, 1.165) is 16.7 Å². The minimum atomic E-state index is -0.700. The first-order valence-corrected chi connectivity index (χ1v) is 8.48. The lowest BCUT2D eigenvalue weighted by Gasteiger charge is -2.17. The molecule has 1 aliphatic rings. The van der Waals surface area contributed by atoms with Crippen LogP contribution in [0.25, 0.3) is 16.8 Å². The average molecular weight is 370 g/mol. The van der Waals surface area contributed by atoms with Crippen molar-refractivity contribution in [3.8, 4) is 17.0 Å². The highest BCUT2D eigenvalue weighted by atomic mass is 16.7. The molecule has 2 aromatic rings. The van der Waals surface area contributed by atoms with Gasteiger partial charge >= 0.3 is 0 Å². The van der Waals surface area contributed by atoms with E-state index >= 15 is 0 Å². The lowest BCUT2D eigenvalue weighted by atomic mass is 10.0. The maximum atomic E-state index is 11.9. The van der Waals surface area contributed by atoms with E-state index < -0.39 is 5.91 Å².